The smallest absolute Gasteiger partial charge is 0.260 e. The summed E-state index contributed by atoms with van der Waals surface area (Å²) in [5.41, 5.74) is 4.95. The van der Waals surface area contributed by atoms with Gasteiger partial charge in [-0.25, -0.2) is 0 Å². The fourth-order valence-electron chi connectivity index (χ4n) is 2.86. The molecule has 0 saturated heterocycles. The van der Waals surface area contributed by atoms with Gasteiger partial charge in [0.1, 0.15) is 0 Å². The molecule has 0 spiro atoms. The standard InChI is InChI=1S/C22H23NO2S/c1-16-8-9-20(14-17(16)2)23(12-10-18-11-13-26-15-18)22(25)21(24)19-6-4-3-5-7-19/h3-9,11,13-15,21,24H,10,12H2,1-2H3/t21-/m0/s1. The van der Waals surface area contributed by atoms with Gasteiger partial charge in [-0.2, -0.15) is 11.3 Å². The molecule has 0 aliphatic rings. The van der Waals surface area contributed by atoms with Crippen molar-refractivity contribution >= 4 is 22.9 Å². The largest absolute Gasteiger partial charge is 0.378 e. The molecule has 0 aliphatic carbocycles. The van der Waals surface area contributed by atoms with Crippen LogP contribution >= 0.6 is 11.3 Å². The monoisotopic (exact) mass is 365 g/mol. The molecule has 134 valence electrons. The molecule has 2 aromatic carbocycles. The first-order chi connectivity index (χ1) is 12.6. The lowest BCUT2D eigenvalue weighted by molar-refractivity contribution is -0.126. The highest BCUT2D eigenvalue weighted by atomic mass is 32.1. The van der Waals surface area contributed by atoms with E-state index >= 15 is 0 Å². The van der Waals surface area contributed by atoms with E-state index in [9.17, 15) is 9.90 Å². The number of amides is 1. The van der Waals surface area contributed by atoms with Crippen molar-refractivity contribution in [1.82, 2.24) is 0 Å². The molecule has 4 heteroatoms. The molecule has 3 aromatic rings. The van der Waals surface area contributed by atoms with Crippen molar-refractivity contribution in [1.29, 1.82) is 0 Å². The zero-order valence-corrected chi connectivity index (χ0v) is 15.9. The van der Waals surface area contributed by atoms with Crippen LogP contribution in [0.2, 0.25) is 0 Å². The number of anilines is 1. The Bertz CT molecular complexity index is 859. The summed E-state index contributed by atoms with van der Waals surface area (Å²) in [6, 6.07) is 17.1. The Morgan fingerprint density at radius 2 is 1.85 bits per heavy atom. The van der Waals surface area contributed by atoms with Crippen LogP contribution in [0.4, 0.5) is 5.69 Å². The molecule has 1 aromatic heterocycles. The SMILES string of the molecule is Cc1ccc(N(CCc2ccsc2)C(=O)[C@@H](O)c2ccccc2)cc1C. The van der Waals surface area contributed by atoms with Gasteiger partial charge in [-0.15, -0.1) is 0 Å². The van der Waals surface area contributed by atoms with E-state index in [1.54, 1.807) is 28.4 Å². The second-order valence-corrected chi connectivity index (χ2v) is 7.23. The van der Waals surface area contributed by atoms with Crippen molar-refractivity contribution in [2.75, 3.05) is 11.4 Å². The van der Waals surface area contributed by atoms with Crippen LogP contribution < -0.4 is 4.90 Å². The summed E-state index contributed by atoms with van der Waals surface area (Å²) in [6.45, 7) is 4.62. The highest BCUT2D eigenvalue weighted by Crippen LogP contribution is 2.24. The van der Waals surface area contributed by atoms with Crippen molar-refractivity contribution in [2.24, 2.45) is 0 Å². The van der Waals surface area contributed by atoms with Crippen LogP contribution in [0.1, 0.15) is 28.4 Å². The average molecular weight is 365 g/mol. The normalized spacial score (nSPS) is 12.0. The topological polar surface area (TPSA) is 40.5 Å². The zero-order chi connectivity index (χ0) is 18.5. The van der Waals surface area contributed by atoms with E-state index in [1.807, 2.05) is 48.7 Å². The van der Waals surface area contributed by atoms with Crippen LogP contribution in [-0.2, 0) is 11.2 Å². The first-order valence-electron chi connectivity index (χ1n) is 8.69. The van der Waals surface area contributed by atoms with Crippen molar-refractivity contribution < 1.29 is 9.90 Å². The Kier molecular flexibility index (Phi) is 5.86. The molecule has 0 fully saturated rings. The molecular formula is C22H23NO2S. The lowest BCUT2D eigenvalue weighted by Gasteiger charge is -2.26. The Morgan fingerprint density at radius 1 is 1.08 bits per heavy atom. The van der Waals surface area contributed by atoms with E-state index < -0.39 is 6.10 Å². The highest BCUT2D eigenvalue weighted by molar-refractivity contribution is 7.07. The number of aliphatic hydroxyl groups excluding tert-OH is 1. The predicted octanol–water partition coefficient (Wildman–Crippen LogP) is 4.67. The van der Waals surface area contributed by atoms with Gasteiger partial charge >= 0.3 is 0 Å². The van der Waals surface area contributed by atoms with Gasteiger partial charge in [0, 0.05) is 12.2 Å². The molecule has 26 heavy (non-hydrogen) atoms. The number of benzene rings is 2. The fourth-order valence-corrected chi connectivity index (χ4v) is 3.56. The lowest BCUT2D eigenvalue weighted by atomic mass is 10.1. The van der Waals surface area contributed by atoms with E-state index in [0.29, 0.717) is 12.1 Å². The second-order valence-electron chi connectivity index (χ2n) is 6.45. The number of carbonyl (C=O) groups is 1. The van der Waals surface area contributed by atoms with Crippen LogP contribution in [0.3, 0.4) is 0 Å². The van der Waals surface area contributed by atoms with Gasteiger partial charge in [0.15, 0.2) is 6.10 Å². The molecule has 3 nitrogen and oxygen atoms in total. The number of aliphatic hydroxyl groups is 1. The predicted molar refractivity (Wildman–Crippen MR) is 108 cm³/mol. The van der Waals surface area contributed by atoms with Crippen LogP contribution in [-0.4, -0.2) is 17.6 Å². The number of rotatable bonds is 6. The van der Waals surface area contributed by atoms with Crippen molar-refractivity contribution in [2.45, 2.75) is 26.4 Å². The van der Waals surface area contributed by atoms with Gasteiger partial charge in [-0.3, -0.25) is 4.79 Å². The zero-order valence-electron chi connectivity index (χ0n) is 15.1. The van der Waals surface area contributed by atoms with Gasteiger partial charge < -0.3 is 10.0 Å². The Hall–Kier alpha value is -2.43. The van der Waals surface area contributed by atoms with E-state index in [0.717, 1.165) is 17.7 Å². The number of carbonyl (C=O) groups excluding carboxylic acids is 1. The third-order valence-corrected chi connectivity index (χ3v) is 5.35. The van der Waals surface area contributed by atoms with Gasteiger partial charge in [-0.05, 0) is 71.5 Å². The quantitative estimate of drug-likeness (QED) is 0.689. The van der Waals surface area contributed by atoms with Gasteiger partial charge in [0.25, 0.3) is 5.91 Å². The molecule has 1 atom stereocenters. The maximum Gasteiger partial charge on any atom is 0.260 e. The molecule has 0 unspecified atom stereocenters. The third kappa shape index (κ3) is 4.21. The number of thiophene rings is 1. The van der Waals surface area contributed by atoms with E-state index in [2.05, 4.69) is 18.4 Å². The molecule has 0 aliphatic heterocycles. The van der Waals surface area contributed by atoms with Gasteiger partial charge in [0.05, 0.1) is 0 Å². The van der Waals surface area contributed by atoms with Crippen LogP contribution in [0.15, 0.2) is 65.4 Å². The highest BCUT2D eigenvalue weighted by Gasteiger charge is 2.25. The van der Waals surface area contributed by atoms with Crippen LogP contribution in [0.5, 0.6) is 0 Å². The summed E-state index contributed by atoms with van der Waals surface area (Å²) in [6.07, 6.45) is -0.413. The molecular weight excluding hydrogens is 342 g/mol. The minimum Gasteiger partial charge on any atom is -0.378 e. The van der Waals surface area contributed by atoms with Crippen molar-refractivity contribution in [3.05, 3.63) is 87.6 Å². The molecule has 1 amide bonds. The molecule has 3 rings (SSSR count). The molecule has 0 bridgehead atoms. The summed E-state index contributed by atoms with van der Waals surface area (Å²) in [5, 5.41) is 14.7. The van der Waals surface area contributed by atoms with E-state index in [1.165, 1.54) is 11.1 Å². The van der Waals surface area contributed by atoms with E-state index in [-0.39, 0.29) is 5.91 Å². The first kappa shape index (κ1) is 18.4. The number of aryl methyl sites for hydroxylation is 2. The molecule has 1 N–H and O–H groups in total. The summed E-state index contributed by atoms with van der Waals surface area (Å²) in [4.78, 5) is 14.8. The van der Waals surface area contributed by atoms with Crippen LogP contribution in [0, 0.1) is 13.8 Å². The summed E-state index contributed by atoms with van der Waals surface area (Å²) in [5.74, 6) is -0.297. The number of hydrogen-bond donors (Lipinski definition) is 1. The lowest BCUT2D eigenvalue weighted by Crippen LogP contribution is -2.37. The molecule has 1 heterocycles. The van der Waals surface area contributed by atoms with E-state index in [4.69, 9.17) is 0 Å². The summed E-state index contributed by atoms with van der Waals surface area (Å²) in [7, 11) is 0. The van der Waals surface area contributed by atoms with Crippen molar-refractivity contribution in [3.8, 4) is 0 Å². The Labute approximate surface area is 158 Å². The maximum atomic E-state index is 13.1. The minimum absolute atomic E-state index is 0.297. The summed E-state index contributed by atoms with van der Waals surface area (Å²) < 4.78 is 0. The first-order valence-corrected chi connectivity index (χ1v) is 9.63. The second kappa shape index (κ2) is 8.30. The summed E-state index contributed by atoms with van der Waals surface area (Å²) >= 11 is 1.65. The average Bonchev–Trinajstić information content (AvgIpc) is 3.18. The van der Waals surface area contributed by atoms with Crippen LogP contribution in [0.25, 0.3) is 0 Å². The molecule has 0 radical (unpaired) electrons. The number of nitrogens with zero attached hydrogens (tertiary/aromatic N) is 1. The maximum absolute atomic E-state index is 13.1. The van der Waals surface area contributed by atoms with Crippen molar-refractivity contribution in [3.63, 3.8) is 0 Å². The fraction of sp³-hybridized carbons (Fsp3) is 0.227. The minimum atomic E-state index is -1.17. The van der Waals surface area contributed by atoms with Gasteiger partial charge in [-0.1, -0.05) is 36.4 Å². The van der Waals surface area contributed by atoms with Gasteiger partial charge in [0.2, 0.25) is 0 Å². The third-order valence-electron chi connectivity index (χ3n) is 4.62. The Balaban J connectivity index is 1.88. The Morgan fingerprint density at radius 3 is 2.50 bits per heavy atom. The number of hydrogen-bond acceptors (Lipinski definition) is 3. The molecule has 0 saturated carbocycles.